The minimum Gasteiger partial charge on any atom is -0.379 e. The lowest BCUT2D eigenvalue weighted by atomic mass is 9.91. The molecule has 1 fully saturated rings. The fourth-order valence-corrected chi connectivity index (χ4v) is 2.98. The van der Waals surface area contributed by atoms with E-state index < -0.39 is 5.60 Å². The van der Waals surface area contributed by atoms with Crippen molar-refractivity contribution in [2.24, 2.45) is 0 Å². The van der Waals surface area contributed by atoms with E-state index in [1.807, 2.05) is 13.8 Å². The summed E-state index contributed by atoms with van der Waals surface area (Å²) in [5.74, 6) is 0.359. The fourth-order valence-electron chi connectivity index (χ4n) is 2.98. The lowest BCUT2D eigenvalue weighted by molar-refractivity contribution is -0.157. The summed E-state index contributed by atoms with van der Waals surface area (Å²) in [7, 11) is 0. The Morgan fingerprint density at radius 2 is 1.87 bits per heavy atom. The van der Waals surface area contributed by atoms with E-state index in [9.17, 15) is 9.90 Å². The van der Waals surface area contributed by atoms with Gasteiger partial charge in [-0.3, -0.25) is 4.79 Å². The van der Waals surface area contributed by atoms with Gasteiger partial charge in [0.2, 0.25) is 0 Å². The summed E-state index contributed by atoms with van der Waals surface area (Å²) in [6.07, 6.45) is 1.38. The molecule has 4 heteroatoms. The monoisotopic (exact) mass is 318 g/mol. The van der Waals surface area contributed by atoms with Crippen molar-refractivity contribution >= 4 is 5.91 Å². The van der Waals surface area contributed by atoms with Crippen molar-refractivity contribution in [1.82, 2.24) is 10.2 Å². The molecule has 4 nitrogen and oxygen atoms in total. The van der Waals surface area contributed by atoms with Crippen LogP contribution in [0.3, 0.4) is 0 Å². The van der Waals surface area contributed by atoms with Gasteiger partial charge in [0.05, 0.1) is 0 Å². The topological polar surface area (TPSA) is 52.6 Å². The highest BCUT2D eigenvalue weighted by atomic mass is 16.3. The largest absolute Gasteiger partial charge is 0.379 e. The van der Waals surface area contributed by atoms with Crippen LogP contribution in [0.2, 0.25) is 0 Å². The second kappa shape index (κ2) is 7.45. The van der Waals surface area contributed by atoms with E-state index in [-0.39, 0.29) is 11.9 Å². The maximum atomic E-state index is 12.7. The summed E-state index contributed by atoms with van der Waals surface area (Å²) in [6, 6.07) is 8.68. The van der Waals surface area contributed by atoms with E-state index in [4.69, 9.17) is 0 Å². The molecule has 1 aromatic carbocycles. The molecule has 128 valence electrons. The molecule has 0 saturated carbocycles. The van der Waals surface area contributed by atoms with Crippen LogP contribution in [-0.4, -0.2) is 40.6 Å². The molecule has 0 bridgehead atoms. The second-order valence-electron chi connectivity index (χ2n) is 7.29. The van der Waals surface area contributed by atoms with E-state index in [0.29, 0.717) is 25.4 Å². The van der Waals surface area contributed by atoms with Crippen molar-refractivity contribution < 1.29 is 9.90 Å². The average molecular weight is 318 g/mol. The number of amides is 1. The predicted molar refractivity (Wildman–Crippen MR) is 93.3 cm³/mol. The van der Waals surface area contributed by atoms with E-state index in [1.54, 1.807) is 4.90 Å². The maximum Gasteiger partial charge on any atom is 0.256 e. The molecule has 1 aromatic rings. The second-order valence-corrected chi connectivity index (χ2v) is 7.29. The Balaban J connectivity index is 2.03. The Labute approximate surface area is 139 Å². The zero-order valence-corrected chi connectivity index (χ0v) is 14.8. The van der Waals surface area contributed by atoms with Crippen molar-refractivity contribution in [3.8, 4) is 0 Å². The number of hydrogen-bond donors (Lipinski definition) is 2. The van der Waals surface area contributed by atoms with Gasteiger partial charge in [-0.2, -0.15) is 0 Å². The van der Waals surface area contributed by atoms with Crippen molar-refractivity contribution in [1.29, 1.82) is 0 Å². The molecule has 1 amide bonds. The van der Waals surface area contributed by atoms with Gasteiger partial charge in [-0.15, -0.1) is 0 Å². The average Bonchev–Trinajstić information content (AvgIpc) is 2.51. The predicted octanol–water partition coefficient (Wildman–Crippen LogP) is 2.66. The molecule has 1 aliphatic rings. The number of rotatable bonds is 6. The molecule has 1 saturated heterocycles. The van der Waals surface area contributed by atoms with Gasteiger partial charge in [0.25, 0.3) is 5.91 Å². The van der Waals surface area contributed by atoms with Crippen LogP contribution in [0, 0.1) is 0 Å². The van der Waals surface area contributed by atoms with Gasteiger partial charge < -0.3 is 15.3 Å². The normalized spacial score (nSPS) is 22.2. The summed E-state index contributed by atoms with van der Waals surface area (Å²) in [4.78, 5) is 14.5. The van der Waals surface area contributed by atoms with Crippen molar-refractivity contribution in [2.75, 3.05) is 13.1 Å². The van der Waals surface area contributed by atoms with E-state index in [1.165, 1.54) is 5.56 Å². The summed E-state index contributed by atoms with van der Waals surface area (Å²) in [5, 5.41) is 13.9. The molecular weight excluding hydrogens is 288 g/mol. The van der Waals surface area contributed by atoms with Crippen molar-refractivity contribution in [2.45, 2.75) is 64.6 Å². The first kappa shape index (κ1) is 18.0. The van der Waals surface area contributed by atoms with Crippen LogP contribution in [0.15, 0.2) is 24.3 Å². The van der Waals surface area contributed by atoms with Crippen molar-refractivity contribution in [3.05, 3.63) is 35.4 Å². The number of aliphatic hydroxyl groups is 1. The number of piperidine rings is 1. The van der Waals surface area contributed by atoms with Crippen LogP contribution < -0.4 is 5.32 Å². The molecule has 0 spiro atoms. The third kappa shape index (κ3) is 4.55. The molecule has 2 rings (SSSR count). The smallest absolute Gasteiger partial charge is 0.256 e. The zero-order chi connectivity index (χ0) is 17.0. The standard InChI is InChI=1S/C19H30N2O2/c1-14(2)17-8-6-16(7-9-17)12-21-11-5-10-19(23,18(21)22)13-20-15(3)4/h6-9,14-15,20,23H,5,10-13H2,1-4H3/t19-/m1/s1. The molecule has 1 atom stereocenters. The highest BCUT2D eigenvalue weighted by Gasteiger charge is 2.41. The fraction of sp³-hybridized carbons (Fsp3) is 0.632. The molecule has 0 aromatic heterocycles. The molecule has 2 N–H and O–H groups in total. The maximum absolute atomic E-state index is 12.7. The zero-order valence-electron chi connectivity index (χ0n) is 14.8. The van der Waals surface area contributed by atoms with Crippen LogP contribution in [0.4, 0.5) is 0 Å². The Morgan fingerprint density at radius 1 is 1.22 bits per heavy atom. The summed E-state index contributed by atoms with van der Waals surface area (Å²) in [6.45, 7) is 9.99. The number of likely N-dealkylation sites (tertiary alicyclic amines) is 1. The first-order chi connectivity index (χ1) is 10.8. The Bertz CT molecular complexity index is 525. The lowest BCUT2D eigenvalue weighted by Crippen LogP contribution is -2.58. The highest BCUT2D eigenvalue weighted by Crippen LogP contribution is 2.24. The quantitative estimate of drug-likeness (QED) is 0.848. The highest BCUT2D eigenvalue weighted by molar-refractivity contribution is 5.86. The van der Waals surface area contributed by atoms with Crippen LogP contribution in [-0.2, 0) is 11.3 Å². The van der Waals surface area contributed by atoms with E-state index in [0.717, 1.165) is 18.5 Å². The Kier molecular flexibility index (Phi) is 5.82. The van der Waals surface area contributed by atoms with E-state index >= 15 is 0 Å². The van der Waals surface area contributed by atoms with Gasteiger partial charge >= 0.3 is 0 Å². The summed E-state index contributed by atoms with van der Waals surface area (Å²) in [5.41, 5.74) is 1.15. The van der Waals surface area contributed by atoms with Crippen molar-refractivity contribution in [3.63, 3.8) is 0 Å². The number of carbonyl (C=O) groups excluding carboxylic acids is 1. The van der Waals surface area contributed by atoms with Crippen LogP contribution in [0.1, 0.15) is 57.6 Å². The first-order valence-electron chi connectivity index (χ1n) is 8.66. The van der Waals surface area contributed by atoms with Crippen LogP contribution in [0.25, 0.3) is 0 Å². The van der Waals surface area contributed by atoms with Gasteiger partial charge in [-0.1, -0.05) is 52.0 Å². The number of carbonyl (C=O) groups is 1. The summed E-state index contributed by atoms with van der Waals surface area (Å²) >= 11 is 0. The number of nitrogens with one attached hydrogen (secondary N) is 1. The number of hydrogen-bond acceptors (Lipinski definition) is 3. The minimum absolute atomic E-state index is 0.148. The molecule has 0 aliphatic carbocycles. The van der Waals surface area contributed by atoms with Gasteiger partial charge in [0.15, 0.2) is 5.60 Å². The molecule has 1 aliphatic heterocycles. The van der Waals surface area contributed by atoms with Crippen LogP contribution >= 0.6 is 0 Å². The molecule has 0 radical (unpaired) electrons. The first-order valence-corrected chi connectivity index (χ1v) is 8.66. The van der Waals surface area contributed by atoms with Gasteiger partial charge in [-0.25, -0.2) is 0 Å². The SMILES string of the molecule is CC(C)NC[C@]1(O)CCCN(Cc2ccc(C(C)C)cc2)C1=O. The minimum atomic E-state index is -1.26. The third-order valence-corrected chi connectivity index (χ3v) is 4.53. The Morgan fingerprint density at radius 3 is 2.43 bits per heavy atom. The van der Waals surface area contributed by atoms with Gasteiger partial charge in [0.1, 0.15) is 0 Å². The summed E-state index contributed by atoms with van der Waals surface area (Å²) < 4.78 is 0. The molecule has 23 heavy (non-hydrogen) atoms. The van der Waals surface area contributed by atoms with Gasteiger partial charge in [-0.05, 0) is 29.9 Å². The van der Waals surface area contributed by atoms with Crippen LogP contribution in [0.5, 0.6) is 0 Å². The molecular formula is C19H30N2O2. The Hall–Kier alpha value is -1.39. The molecule has 1 heterocycles. The number of nitrogens with zero attached hydrogens (tertiary/aromatic N) is 1. The van der Waals surface area contributed by atoms with E-state index in [2.05, 4.69) is 43.4 Å². The third-order valence-electron chi connectivity index (χ3n) is 4.53. The molecule has 0 unspecified atom stereocenters. The lowest BCUT2D eigenvalue weighted by Gasteiger charge is -2.38. The van der Waals surface area contributed by atoms with Gasteiger partial charge in [0, 0.05) is 25.7 Å². The number of benzene rings is 1.